The third kappa shape index (κ3) is 3.86. The highest BCUT2D eigenvalue weighted by Crippen LogP contribution is 2.38. The average Bonchev–Trinajstić information content (AvgIpc) is 2.72. The standard InChI is InChI=1S/C20H24N2O5/c1-25-17-12-14(13-18(26-2)19(17)27-3)20(24)22-10-8-21(9-11-22)15-4-6-16(23)7-5-15/h4-7,12-13,23H,8-11H2,1-3H3. The number of phenolic OH excluding ortho intramolecular Hbond substituents is 1. The molecule has 0 saturated carbocycles. The Morgan fingerprint density at radius 2 is 1.44 bits per heavy atom. The fourth-order valence-electron chi connectivity index (χ4n) is 3.22. The van der Waals surface area contributed by atoms with Crippen LogP contribution in [0.2, 0.25) is 0 Å². The number of hydrogen-bond acceptors (Lipinski definition) is 6. The molecule has 0 aliphatic carbocycles. The van der Waals surface area contributed by atoms with Gasteiger partial charge in [0.05, 0.1) is 21.3 Å². The summed E-state index contributed by atoms with van der Waals surface area (Å²) in [5.41, 5.74) is 1.54. The number of piperazine rings is 1. The van der Waals surface area contributed by atoms with Gasteiger partial charge in [0.2, 0.25) is 5.75 Å². The molecule has 0 radical (unpaired) electrons. The number of aromatic hydroxyl groups is 1. The lowest BCUT2D eigenvalue weighted by Crippen LogP contribution is -2.48. The van der Waals surface area contributed by atoms with E-state index >= 15 is 0 Å². The van der Waals surface area contributed by atoms with E-state index in [0.717, 1.165) is 18.8 Å². The van der Waals surface area contributed by atoms with Gasteiger partial charge >= 0.3 is 0 Å². The van der Waals surface area contributed by atoms with Gasteiger partial charge in [-0.05, 0) is 36.4 Å². The Balaban J connectivity index is 1.73. The lowest BCUT2D eigenvalue weighted by molar-refractivity contribution is 0.0746. The predicted octanol–water partition coefficient (Wildman–Crippen LogP) is 2.38. The monoisotopic (exact) mass is 372 g/mol. The van der Waals surface area contributed by atoms with Crippen molar-refractivity contribution in [1.29, 1.82) is 0 Å². The summed E-state index contributed by atoms with van der Waals surface area (Å²) in [4.78, 5) is 17.0. The molecule has 1 heterocycles. The Morgan fingerprint density at radius 3 is 1.93 bits per heavy atom. The number of carbonyl (C=O) groups excluding carboxylic acids is 1. The molecule has 3 rings (SSSR count). The number of phenols is 1. The second kappa shape index (κ2) is 8.07. The predicted molar refractivity (Wildman–Crippen MR) is 102 cm³/mol. The first-order chi connectivity index (χ1) is 13.1. The molecule has 1 N–H and O–H groups in total. The summed E-state index contributed by atoms with van der Waals surface area (Å²) in [6.45, 7) is 2.66. The minimum Gasteiger partial charge on any atom is -0.508 e. The van der Waals surface area contributed by atoms with Crippen molar-refractivity contribution in [3.8, 4) is 23.0 Å². The molecule has 0 aromatic heterocycles. The maximum absolute atomic E-state index is 12.9. The average molecular weight is 372 g/mol. The second-order valence-corrected chi connectivity index (χ2v) is 6.21. The van der Waals surface area contributed by atoms with Gasteiger partial charge in [0.15, 0.2) is 11.5 Å². The van der Waals surface area contributed by atoms with E-state index in [4.69, 9.17) is 14.2 Å². The summed E-state index contributed by atoms with van der Waals surface area (Å²) in [6, 6.07) is 10.5. The van der Waals surface area contributed by atoms with Crippen molar-refractivity contribution >= 4 is 11.6 Å². The maximum Gasteiger partial charge on any atom is 0.254 e. The Morgan fingerprint density at radius 1 is 0.889 bits per heavy atom. The van der Waals surface area contributed by atoms with Gasteiger partial charge in [-0.3, -0.25) is 4.79 Å². The zero-order chi connectivity index (χ0) is 19.4. The Bertz CT molecular complexity index is 774. The topological polar surface area (TPSA) is 71.5 Å². The summed E-state index contributed by atoms with van der Waals surface area (Å²) >= 11 is 0. The molecular formula is C20H24N2O5. The van der Waals surface area contributed by atoms with E-state index in [-0.39, 0.29) is 11.7 Å². The van der Waals surface area contributed by atoms with Crippen LogP contribution in [0.1, 0.15) is 10.4 Å². The van der Waals surface area contributed by atoms with Crippen molar-refractivity contribution < 1.29 is 24.1 Å². The number of methoxy groups -OCH3 is 3. The van der Waals surface area contributed by atoms with E-state index in [1.807, 2.05) is 17.0 Å². The van der Waals surface area contributed by atoms with Gasteiger partial charge in [-0.25, -0.2) is 0 Å². The number of rotatable bonds is 5. The van der Waals surface area contributed by atoms with Crippen molar-refractivity contribution in [2.24, 2.45) is 0 Å². The van der Waals surface area contributed by atoms with Gasteiger partial charge in [-0.15, -0.1) is 0 Å². The largest absolute Gasteiger partial charge is 0.508 e. The number of anilines is 1. The van der Waals surface area contributed by atoms with Gasteiger partial charge in [-0.2, -0.15) is 0 Å². The molecular weight excluding hydrogens is 348 g/mol. The SMILES string of the molecule is COc1cc(C(=O)N2CCN(c3ccc(O)cc3)CC2)cc(OC)c1OC. The molecule has 7 heteroatoms. The normalized spacial score (nSPS) is 14.0. The highest BCUT2D eigenvalue weighted by molar-refractivity contribution is 5.95. The van der Waals surface area contributed by atoms with Crippen molar-refractivity contribution in [3.63, 3.8) is 0 Å². The molecule has 0 atom stereocenters. The smallest absolute Gasteiger partial charge is 0.254 e. The van der Waals surface area contributed by atoms with Gasteiger partial charge in [-0.1, -0.05) is 0 Å². The van der Waals surface area contributed by atoms with Crippen LogP contribution in [-0.2, 0) is 0 Å². The van der Waals surface area contributed by atoms with E-state index in [1.54, 1.807) is 24.3 Å². The highest BCUT2D eigenvalue weighted by Gasteiger charge is 2.25. The molecule has 1 aliphatic rings. The van der Waals surface area contributed by atoms with E-state index in [0.29, 0.717) is 35.9 Å². The van der Waals surface area contributed by atoms with Gasteiger partial charge in [0, 0.05) is 37.4 Å². The van der Waals surface area contributed by atoms with E-state index in [2.05, 4.69) is 4.90 Å². The molecule has 7 nitrogen and oxygen atoms in total. The molecule has 2 aromatic rings. The number of carbonyl (C=O) groups is 1. The zero-order valence-corrected chi connectivity index (χ0v) is 15.8. The first-order valence-electron chi connectivity index (χ1n) is 8.70. The summed E-state index contributed by atoms with van der Waals surface area (Å²) < 4.78 is 16.0. The van der Waals surface area contributed by atoms with Crippen molar-refractivity contribution in [2.75, 3.05) is 52.4 Å². The molecule has 1 saturated heterocycles. The van der Waals surface area contributed by atoms with Crippen LogP contribution in [0.15, 0.2) is 36.4 Å². The first-order valence-corrected chi connectivity index (χ1v) is 8.70. The van der Waals surface area contributed by atoms with Crippen molar-refractivity contribution in [2.45, 2.75) is 0 Å². The number of benzene rings is 2. The number of nitrogens with zero attached hydrogens (tertiary/aromatic N) is 2. The minimum absolute atomic E-state index is 0.0698. The van der Waals surface area contributed by atoms with Crippen molar-refractivity contribution in [3.05, 3.63) is 42.0 Å². The third-order valence-corrected chi connectivity index (χ3v) is 4.69. The van der Waals surface area contributed by atoms with E-state index in [1.165, 1.54) is 21.3 Å². The van der Waals surface area contributed by atoms with Crippen LogP contribution in [0.3, 0.4) is 0 Å². The summed E-state index contributed by atoms with van der Waals surface area (Å²) in [7, 11) is 4.59. The molecule has 2 aromatic carbocycles. The Kier molecular flexibility index (Phi) is 5.59. The number of hydrogen-bond donors (Lipinski definition) is 1. The summed E-state index contributed by atoms with van der Waals surface area (Å²) in [5.74, 6) is 1.56. The van der Waals surface area contributed by atoms with E-state index in [9.17, 15) is 9.90 Å². The highest BCUT2D eigenvalue weighted by atomic mass is 16.5. The van der Waals surface area contributed by atoms with Crippen LogP contribution < -0.4 is 19.1 Å². The van der Waals surface area contributed by atoms with Crippen molar-refractivity contribution in [1.82, 2.24) is 4.90 Å². The second-order valence-electron chi connectivity index (χ2n) is 6.21. The van der Waals surface area contributed by atoms with Gasteiger partial charge in [0.25, 0.3) is 5.91 Å². The quantitative estimate of drug-likeness (QED) is 0.869. The molecule has 144 valence electrons. The van der Waals surface area contributed by atoms with Crippen LogP contribution in [0.25, 0.3) is 0 Å². The zero-order valence-electron chi connectivity index (χ0n) is 15.8. The summed E-state index contributed by atoms with van der Waals surface area (Å²) in [6.07, 6.45) is 0. The molecule has 0 unspecified atom stereocenters. The molecule has 27 heavy (non-hydrogen) atoms. The number of amides is 1. The van der Waals surface area contributed by atoms with Crippen LogP contribution >= 0.6 is 0 Å². The van der Waals surface area contributed by atoms with Crippen LogP contribution in [-0.4, -0.2) is 63.4 Å². The third-order valence-electron chi connectivity index (χ3n) is 4.69. The lowest BCUT2D eigenvalue weighted by atomic mass is 10.1. The van der Waals surface area contributed by atoms with Crippen LogP contribution in [0.5, 0.6) is 23.0 Å². The van der Waals surface area contributed by atoms with Gasteiger partial charge < -0.3 is 29.1 Å². The molecule has 1 fully saturated rings. The Labute approximate surface area is 158 Å². The molecule has 1 aliphatic heterocycles. The van der Waals surface area contributed by atoms with Gasteiger partial charge in [0.1, 0.15) is 5.75 Å². The first kappa shape index (κ1) is 18.7. The lowest BCUT2D eigenvalue weighted by Gasteiger charge is -2.36. The maximum atomic E-state index is 12.9. The number of ether oxygens (including phenoxy) is 3. The minimum atomic E-state index is -0.0698. The van der Waals surface area contributed by atoms with Crippen LogP contribution in [0.4, 0.5) is 5.69 Å². The molecule has 0 spiro atoms. The fraction of sp³-hybridized carbons (Fsp3) is 0.350. The van der Waals surface area contributed by atoms with E-state index < -0.39 is 0 Å². The molecule has 0 bridgehead atoms. The summed E-state index contributed by atoms with van der Waals surface area (Å²) in [5, 5.41) is 9.42. The van der Waals surface area contributed by atoms with Crippen LogP contribution in [0, 0.1) is 0 Å². The fourth-order valence-corrected chi connectivity index (χ4v) is 3.22. The molecule has 1 amide bonds. The Hall–Kier alpha value is -3.09.